The standard InChI is InChI=1S/C25H33N3O4S/c1-23(5-6-23)32-22(29)27-11-7-24(8-12-27)16-25(17-24)14-19-13-20(26-15-21(19)31-25)18-3-9-28(10-4-18)33(2)30/h3,13,15H,4-12,14,16-17H2,1-2H3. The molecule has 8 heteroatoms. The maximum absolute atomic E-state index is 12.4. The fraction of sp³-hybridized carbons (Fsp3) is 0.680. The molecule has 33 heavy (non-hydrogen) atoms. The topological polar surface area (TPSA) is 72.0 Å². The van der Waals surface area contributed by atoms with Gasteiger partial charge in [-0.15, -0.1) is 0 Å². The molecule has 1 atom stereocenters. The minimum atomic E-state index is -0.920. The Morgan fingerprint density at radius 1 is 1.18 bits per heavy atom. The third kappa shape index (κ3) is 3.99. The number of rotatable bonds is 3. The Labute approximate surface area is 198 Å². The molecule has 1 unspecified atom stereocenters. The Bertz CT molecular complexity index is 1030. The predicted molar refractivity (Wildman–Crippen MR) is 126 cm³/mol. The summed E-state index contributed by atoms with van der Waals surface area (Å²) in [4.78, 5) is 19.0. The molecule has 178 valence electrons. The Morgan fingerprint density at radius 3 is 2.58 bits per heavy atom. The number of carbonyl (C=O) groups is 1. The number of ether oxygens (including phenoxy) is 2. The van der Waals surface area contributed by atoms with Crippen LogP contribution in [-0.2, 0) is 22.1 Å². The predicted octanol–water partition coefficient (Wildman–Crippen LogP) is 3.70. The quantitative estimate of drug-likeness (QED) is 0.672. The van der Waals surface area contributed by atoms with Gasteiger partial charge in [0.1, 0.15) is 17.0 Å². The van der Waals surface area contributed by atoms with Crippen molar-refractivity contribution in [1.82, 2.24) is 14.2 Å². The van der Waals surface area contributed by atoms with Crippen molar-refractivity contribution in [2.24, 2.45) is 5.41 Å². The van der Waals surface area contributed by atoms with Crippen molar-refractivity contribution in [1.29, 1.82) is 0 Å². The van der Waals surface area contributed by atoms with Gasteiger partial charge in [0, 0.05) is 44.4 Å². The van der Waals surface area contributed by atoms with Crippen molar-refractivity contribution >= 4 is 22.7 Å². The number of aromatic nitrogens is 1. The highest BCUT2D eigenvalue weighted by Crippen LogP contribution is 2.60. The molecule has 1 saturated heterocycles. The fourth-order valence-corrected chi connectivity index (χ4v) is 6.84. The van der Waals surface area contributed by atoms with Gasteiger partial charge >= 0.3 is 6.09 Å². The zero-order valence-electron chi connectivity index (χ0n) is 19.6. The molecule has 2 spiro atoms. The summed E-state index contributed by atoms with van der Waals surface area (Å²) in [6.07, 6.45) is 13.6. The van der Waals surface area contributed by atoms with Gasteiger partial charge in [0.05, 0.1) is 22.9 Å². The van der Waals surface area contributed by atoms with Gasteiger partial charge in [0.15, 0.2) is 0 Å². The van der Waals surface area contributed by atoms with E-state index >= 15 is 0 Å². The van der Waals surface area contributed by atoms with E-state index < -0.39 is 11.0 Å². The minimum absolute atomic E-state index is 0.0936. The third-order valence-electron chi connectivity index (χ3n) is 8.42. The Morgan fingerprint density at radius 2 is 1.94 bits per heavy atom. The molecule has 5 aliphatic rings. The highest BCUT2D eigenvalue weighted by Gasteiger charge is 2.59. The van der Waals surface area contributed by atoms with Gasteiger partial charge in [-0.1, -0.05) is 6.08 Å². The van der Waals surface area contributed by atoms with Crippen LogP contribution >= 0.6 is 0 Å². The van der Waals surface area contributed by atoms with Crippen molar-refractivity contribution in [2.75, 3.05) is 32.4 Å². The highest BCUT2D eigenvalue weighted by molar-refractivity contribution is 7.81. The van der Waals surface area contributed by atoms with Crippen LogP contribution in [0.15, 0.2) is 18.3 Å². The lowest BCUT2D eigenvalue weighted by atomic mass is 9.54. The monoisotopic (exact) mass is 471 g/mol. The summed E-state index contributed by atoms with van der Waals surface area (Å²) in [5, 5.41) is 0. The number of hydrogen-bond acceptors (Lipinski definition) is 5. The average molecular weight is 472 g/mol. The molecule has 1 aromatic heterocycles. The third-order valence-corrected chi connectivity index (χ3v) is 9.48. The van der Waals surface area contributed by atoms with E-state index in [9.17, 15) is 9.00 Å². The fourth-order valence-electron chi connectivity index (χ4n) is 6.21. The lowest BCUT2D eigenvalue weighted by Crippen LogP contribution is -2.59. The van der Waals surface area contributed by atoms with Crippen molar-refractivity contribution in [3.63, 3.8) is 0 Å². The molecule has 1 aromatic rings. The molecule has 0 bridgehead atoms. The summed E-state index contributed by atoms with van der Waals surface area (Å²) < 4.78 is 25.8. The van der Waals surface area contributed by atoms with Crippen molar-refractivity contribution in [3.8, 4) is 5.75 Å². The first kappa shape index (κ1) is 21.6. The first-order valence-corrected chi connectivity index (χ1v) is 13.7. The van der Waals surface area contributed by atoms with Crippen molar-refractivity contribution < 1.29 is 18.5 Å². The first-order chi connectivity index (χ1) is 15.8. The molecule has 0 aromatic carbocycles. The van der Waals surface area contributed by atoms with E-state index in [0.29, 0.717) is 12.0 Å². The molecule has 0 N–H and O–H groups in total. The lowest BCUT2D eigenvalue weighted by molar-refractivity contribution is -0.119. The molecule has 3 aliphatic heterocycles. The van der Waals surface area contributed by atoms with Gasteiger partial charge in [-0.05, 0) is 68.9 Å². The van der Waals surface area contributed by atoms with E-state index in [1.54, 1.807) is 6.26 Å². The normalized spacial score (nSPS) is 27.3. The molecule has 2 saturated carbocycles. The van der Waals surface area contributed by atoms with E-state index in [1.165, 1.54) is 11.1 Å². The summed E-state index contributed by atoms with van der Waals surface area (Å²) in [5.74, 6) is 0.931. The van der Waals surface area contributed by atoms with E-state index in [-0.39, 0.29) is 17.3 Å². The molecular weight excluding hydrogens is 438 g/mol. The highest BCUT2D eigenvalue weighted by atomic mass is 32.2. The van der Waals surface area contributed by atoms with Crippen molar-refractivity contribution in [3.05, 3.63) is 29.6 Å². The van der Waals surface area contributed by atoms with Crippen molar-refractivity contribution in [2.45, 2.75) is 69.5 Å². The molecule has 3 fully saturated rings. The molecule has 2 aliphatic carbocycles. The molecular formula is C25H33N3O4S. The van der Waals surface area contributed by atoms with E-state index in [1.807, 2.05) is 22.3 Å². The van der Waals surface area contributed by atoms with Gasteiger partial charge < -0.3 is 14.4 Å². The number of likely N-dealkylation sites (tertiary alicyclic amines) is 1. The second-order valence-electron chi connectivity index (χ2n) is 11.1. The number of piperidine rings is 1. The Balaban J connectivity index is 1.06. The molecule has 1 amide bonds. The number of hydrogen-bond donors (Lipinski definition) is 0. The summed E-state index contributed by atoms with van der Waals surface area (Å²) in [6, 6.07) is 2.20. The van der Waals surface area contributed by atoms with Gasteiger partial charge in [-0.2, -0.15) is 0 Å². The van der Waals surface area contributed by atoms with E-state index in [0.717, 1.165) is 82.4 Å². The number of amides is 1. The summed E-state index contributed by atoms with van der Waals surface area (Å²) in [6.45, 7) is 5.12. The Hall–Kier alpha value is -1.93. The average Bonchev–Trinajstić information content (AvgIpc) is 3.38. The van der Waals surface area contributed by atoms with Crippen LogP contribution < -0.4 is 4.74 Å². The minimum Gasteiger partial charge on any atom is -0.485 e. The maximum Gasteiger partial charge on any atom is 0.410 e. The van der Waals surface area contributed by atoms with Crippen LogP contribution in [0.25, 0.3) is 5.57 Å². The Kier molecular flexibility index (Phi) is 4.93. The zero-order valence-corrected chi connectivity index (χ0v) is 20.4. The van der Waals surface area contributed by atoms with Gasteiger partial charge in [-0.3, -0.25) is 4.98 Å². The van der Waals surface area contributed by atoms with Gasteiger partial charge in [0.2, 0.25) is 0 Å². The van der Waals surface area contributed by atoms with Crippen LogP contribution in [0.1, 0.15) is 63.1 Å². The molecule has 7 nitrogen and oxygen atoms in total. The van der Waals surface area contributed by atoms with Gasteiger partial charge in [-0.25, -0.2) is 13.3 Å². The molecule has 0 radical (unpaired) electrons. The maximum atomic E-state index is 12.4. The number of nitrogens with zero attached hydrogens (tertiary/aromatic N) is 3. The summed E-state index contributed by atoms with van der Waals surface area (Å²) in [7, 11) is -0.920. The van der Waals surface area contributed by atoms with Crippen LogP contribution in [0.3, 0.4) is 0 Å². The van der Waals surface area contributed by atoms with E-state index in [4.69, 9.17) is 9.47 Å². The van der Waals surface area contributed by atoms with Crippen LogP contribution in [0.4, 0.5) is 4.79 Å². The number of carbonyl (C=O) groups excluding carboxylic acids is 1. The zero-order chi connectivity index (χ0) is 22.8. The summed E-state index contributed by atoms with van der Waals surface area (Å²) >= 11 is 0. The van der Waals surface area contributed by atoms with Crippen LogP contribution in [-0.4, -0.2) is 68.1 Å². The first-order valence-electron chi connectivity index (χ1n) is 12.2. The summed E-state index contributed by atoms with van der Waals surface area (Å²) in [5.41, 5.74) is 3.53. The molecule has 4 heterocycles. The van der Waals surface area contributed by atoms with E-state index in [2.05, 4.69) is 17.1 Å². The van der Waals surface area contributed by atoms with Crippen LogP contribution in [0, 0.1) is 5.41 Å². The smallest absolute Gasteiger partial charge is 0.410 e. The molecule has 6 rings (SSSR count). The largest absolute Gasteiger partial charge is 0.485 e. The number of fused-ring (bicyclic) bond motifs is 1. The van der Waals surface area contributed by atoms with Crippen LogP contribution in [0.2, 0.25) is 0 Å². The van der Waals surface area contributed by atoms with Gasteiger partial charge in [0.25, 0.3) is 0 Å². The lowest BCUT2D eigenvalue weighted by Gasteiger charge is -2.56. The second kappa shape index (κ2) is 7.54. The van der Waals surface area contributed by atoms with Crippen LogP contribution in [0.5, 0.6) is 5.75 Å². The number of pyridine rings is 1. The SMILES string of the molecule is CS(=O)N1CC=C(c2cc3c(cn2)OC2(C3)CC3(CCN(C(=O)OC4(C)CC4)CC3)C2)CC1. The second-order valence-corrected chi connectivity index (χ2v) is 12.5.